The number of ether oxygens (including phenoxy) is 3. The van der Waals surface area contributed by atoms with Crippen molar-refractivity contribution in [3.8, 4) is 0 Å². The van der Waals surface area contributed by atoms with Crippen molar-refractivity contribution in [3.05, 3.63) is 0 Å². The lowest BCUT2D eigenvalue weighted by Crippen LogP contribution is -2.30. The Kier molecular flexibility index (Phi) is 57.8. The van der Waals surface area contributed by atoms with Gasteiger partial charge in [0.2, 0.25) is 0 Å². The fourth-order valence-electron chi connectivity index (χ4n) is 10.6. The molecule has 6 nitrogen and oxygen atoms in total. The van der Waals surface area contributed by atoms with Gasteiger partial charge in [-0.2, -0.15) is 0 Å². The van der Waals surface area contributed by atoms with Gasteiger partial charge in [-0.3, -0.25) is 14.4 Å². The van der Waals surface area contributed by atoms with E-state index in [0.717, 1.165) is 75.5 Å². The van der Waals surface area contributed by atoms with Gasteiger partial charge in [0, 0.05) is 19.3 Å². The first kappa shape index (κ1) is 72.4. The molecule has 0 aliphatic heterocycles. The molecule has 0 N–H and O–H groups in total. The van der Waals surface area contributed by atoms with Gasteiger partial charge in [0.25, 0.3) is 0 Å². The quantitative estimate of drug-likeness (QED) is 0.0343. The van der Waals surface area contributed by atoms with Crippen molar-refractivity contribution in [1.29, 1.82) is 0 Å². The molecule has 0 saturated carbocycles. The van der Waals surface area contributed by atoms with Crippen LogP contribution in [0.1, 0.15) is 382 Å². The van der Waals surface area contributed by atoms with E-state index >= 15 is 0 Å². The van der Waals surface area contributed by atoms with Gasteiger partial charge < -0.3 is 14.2 Å². The van der Waals surface area contributed by atoms with Crippen LogP contribution in [0.25, 0.3) is 0 Å². The zero-order chi connectivity index (χ0) is 54.1. The lowest BCUT2D eigenvalue weighted by atomic mass is 10.0. The van der Waals surface area contributed by atoms with Crippen LogP contribution in [-0.2, 0) is 28.6 Å². The van der Waals surface area contributed by atoms with Crippen LogP contribution in [-0.4, -0.2) is 37.2 Å². The average Bonchev–Trinajstić information content (AvgIpc) is 3.36. The Hall–Kier alpha value is -1.59. The molecule has 0 amide bonds. The first-order chi connectivity index (χ1) is 36.1. The van der Waals surface area contributed by atoms with E-state index in [9.17, 15) is 14.4 Å². The second kappa shape index (κ2) is 59.1. The van der Waals surface area contributed by atoms with Crippen molar-refractivity contribution in [2.75, 3.05) is 13.2 Å². The fraction of sp³-hybridized carbons (Fsp3) is 0.956. The Morgan fingerprint density at radius 1 is 0.230 bits per heavy atom. The Morgan fingerprint density at radius 2 is 0.392 bits per heavy atom. The zero-order valence-electron chi connectivity index (χ0n) is 51.1. The monoisotopic (exact) mass is 1050 g/mol. The lowest BCUT2D eigenvalue weighted by molar-refractivity contribution is -0.167. The molecule has 0 aromatic heterocycles. The minimum Gasteiger partial charge on any atom is -0.462 e. The highest BCUT2D eigenvalue weighted by atomic mass is 16.6. The van der Waals surface area contributed by atoms with Crippen LogP contribution in [0.15, 0.2) is 0 Å². The number of rotatable bonds is 61. The zero-order valence-corrected chi connectivity index (χ0v) is 51.1. The number of hydrogen-bond acceptors (Lipinski definition) is 6. The number of esters is 3. The highest BCUT2D eigenvalue weighted by Crippen LogP contribution is 2.20. The lowest BCUT2D eigenvalue weighted by Gasteiger charge is -2.18. The van der Waals surface area contributed by atoms with E-state index in [1.165, 1.54) is 263 Å². The van der Waals surface area contributed by atoms with Crippen molar-refractivity contribution < 1.29 is 28.6 Å². The summed E-state index contributed by atoms with van der Waals surface area (Å²) in [7, 11) is 0. The Morgan fingerprint density at radius 3 is 0.581 bits per heavy atom. The highest BCUT2D eigenvalue weighted by molar-refractivity contribution is 5.71. The van der Waals surface area contributed by atoms with E-state index < -0.39 is 6.10 Å². The third kappa shape index (κ3) is 61.3. The summed E-state index contributed by atoms with van der Waals surface area (Å²) in [5, 5.41) is 0. The summed E-state index contributed by atoms with van der Waals surface area (Å²) in [5.41, 5.74) is 0. The van der Waals surface area contributed by atoms with Gasteiger partial charge in [0.1, 0.15) is 13.2 Å². The van der Waals surface area contributed by atoms with Crippen LogP contribution in [0.2, 0.25) is 0 Å². The smallest absolute Gasteiger partial charge is 0.306 e. The highest BCUT2D eigenvalue weighted by Gasteiger charge is 2.20. The van der Waals surface area contributed by atoms with Gasteiger partial charge in [0.15, 0.2) is 6.10 Å². The van der Waals surface area contributed by atoms with Crippen LogP contribution >= 0.6 is 0 Å². The van der Waals surface area contributed by atoms with E-state index in [1.54, 1.807) is 0 Å². The van der Waals surface area contributed by atoms with Gasteiger partial charge in [0.05, 0.1) is 0 Å². The number of carbonyl (C=O) groups is 3. The van der Waals surface area contributed by atoms with E-state index in [2.05, 4.69) is 41.5 Å². The molecule has 74 heavy (non-hydrogen) atoms. The Balaban J connectivity index is 4.28. The Bertz CT molecular complexity index is 1150. The molecule has 0 aromatic carbocycles. The first-order valence-electron chi connectivity index (χ1n) is 33.6. The first-order valence-corrected chi connectivity index (χ1v) is 33.6. The predicted molar refractivity (Wildman–Crippen MR) is 321 cm³/mol. The molecule has 0 bridgehead atoms. The van der Waals surface area contributed by atoms with Gasteiger partial charge >= 0.3 is 17.9 Å². The summed E-state index contributed by atoms with van der Waals surface area (Å²) in [6.07, 6.45) is 65.4. The van der Waals surface area contributed by atoms with Gasteiger partial charge in [-0.15, -0.1) is 0 Å². The molecule has 0 saturated heterocycles. The largest absolute Gasteiger partial charge is 0.462 e. The fourth-order valence-corrected chi connectivity index (χ4v) is 10.6. The average molecular weight is 1050 g/mol. The summed E-state index contributed by atoms with van der Waals surface area (Å²) in [6.45, 7) is 13.8. The maximum atomic E-state index is 12.9. The molecule has 0 radical (unpaired) electrons. The van der Waals surface area contributed by atoms with E-state index in [0.29, 0.717) is 19.3 Å². The molecule has 1 atom stereocenters. The third-order valence-corrected chi connectivity index (χ3v) is 15.6. The molecule has 0 aliphatic carbocycles. The summed E-state index contributed by atoms with van der Waals surface area (Å²) in [6, 6.07) is 0. The van der Waals surface area contributed by atoms with Gasteiger partial charge in [-0.25, -0.2) is 0 Å². The van der Waals surface area contributed by atoms with E-state index in [-0.39, 0.29) is 31.1 Å². The predicted octanol–water partition coefficient (Wildman–Crippen LogP) is 22.6. The van der Waals surface area contributed by atoms with Crippen LogP contribution in [0.4, 0.5) is 0 Å². The van der Waals surface area contributed by atoms with Crippen molar-refractivity contribution >= 4 is 17.9 Å². The molecule has 0 fully saturated rings. The summed E-state index contributed by atoms with van der Waals surface area (Å²) < 4.78 is 17.0. The topological polar surface area (TPSA) is 78.9 Å². The SMILES string of the molecule is CC(C)CCCCCCCCCCCCCCCCCCCCC(=O)O[C@H](COC(=O)CCCCCCCCCCCCCCCCCC(C)C)COC(=O)CCCCCCCCCCCCCCCCC(C)C. The van der Waals surface area contributed by atoms with Gasteiger partial charge in [-0.1, -0.05) is 343 Å². The standard InChI is InChI=1S/C68H132O6/c1-62(2)54-48-42-36-30-24-18-12-9-7-8-10-14-23-29-35-41-47-53-59-68(71)74-65(61-73-67(70)58-52-46-40-34-28-22-17-16-20-26-32-38-44-50-56-64(5)6)60-72-66(69)57-51-45-39-33-27-21-15-11-13-19-25-31-37-43-49-55-63(3)4/h62-65H,7-61H2,1-6H3/t65-/m1/s1. The van der Waals surface area contributed by atoms with Crippen molar-refractivity contribution in [1.82, 2.24) is 0 Å². The maximum absolute atomic E-state index is 12.9. The third-order valence-electron chi connectivity index (χ3n) is 15.6. The molecule has 6 heteroatoms. The van der Waals surface area contributed by atoms with Crippen LogP contribution < -0.4 is 0 Å². The summed E-state index contributed by atoms with van der Waals surface area (Å²) in [4.78, 5) is 38.4. The second-order valence-electron chi connectivity index (χ2n) is 24.9. The van der Waals surface area contributed by atoms with E-state index in [4.69, 9.17) is 14.2 Å². The maximum Gasteiger partial charge on any atom is 0.306 e. The summed E-state index contributed by atoms with van der Waals surface area (Å²) >= 11 is 0. The van der Waals surface area contributed by atoms with Crippen molar-refractivity contribution in [2.24, 2.45) is 17.8 Å². The van der Waals surface area contributed by atoms with E-state index in [1.807, 2.05) is 0 Å². The van der Waals surface area contributed by atoms with Crippen molar-refractivity contribution in [2.45, 2.75) is 388 Å². The van der Waals surface area contributed by atoms with Crippen molar-refractivity contribution in [3.63, 3.8) is 0 Å². The number of unbranched alkanes of at least 4 members (excludes halogenated alkanes) is 44. The molecule has 0 unspecified atom stereocenters. The minimum absolute atomic E-state index is 0.0621. The molecular formula is C68H132O6. The van der Waals surface area contributed by atoms with Crippen LogP contribution in [0.5, 0.6) is 0 Å². The number of hydrogen-bond donors (Lipinski definition) is 0. The normalized spacial score (nSPS) is 12.1. The van der Waals surface area contributed by atoms with Crippen LogP contribution in [0.3, 0.4) is 0 Å². The van der Waals surface area contributed by atoms with Crippen LogP contribution in [0, 0.1) is 17.8 Å². The molecular weight excluding hydrogens is 913 g/mol. The number of carbonyl (C=O) groups excluding carboxylic acids is 3. The minimum atomic E-state index is -0.765. The van der Waals surface area contributed by atoms with Gasteiger partial charge in [-0.05, 0) is 37.0 Å². The molecule has 0 aliphatic rings. The summed E-state index contributed by atoms with van der Waals surface area (Å²) in [5.74, 6) is 1.72. The molecule has 0 heterocycles. The second-order valence-corrected chi connectivity index (χ2v) is 24.9. The molecule has 0 aromatic rings. The molecule has 0 spiro atoms. The molecule has 440 valence electrons. The molecule has 0 rings (SSSR count). The Labute approximate surface area is 463 Å².